The molecule has 3 saturated heterocycles. The second-order valence-corrected chi connectivity index (χ2v) is 8.75. The predicted octanol–water partition coefficient (Wildman–Crippen LogP) is 2.85. The molecule has 31 heavy (non-hydrogen) atoms. The van der Waals surface area contributed by atoms with Gasteiger partial charge in [-0.15, -0.1) is 0 Å². The molecule has 0 aromatic heterocycles. The third-order valence-electron chi connectivity index (χ3n) is 6.71. The lowest BCUT2D eigenvalue weighted by Gasteiger charge is -2.26. The molecule has 4 aliphatic heterocycles. The Balaban J connectivity index is 1.32. The molecule has 0 N–H and O–H groups in total. The fourth-order valence-electron chi connectivity index (χ4n) is 5.32. The normalized spacial score (nSPS) is 32.7. The zero-order valence-corrected chi connectivity index (χ0v) is 17.2. The molecule has 0 aliphatic carbocycles. The number of fused-ring (bicyclic) bond motifs is 8. The first kappa shape index (κ1) is 18.7. The van der Waals surface area contributed by atoms with E-state index in [0.717, 1.165) is 11.3 Å². The molecule has 156 valence electrons. The quantitative estimate of drug-likeness (QED) is 0.545. The van der Waals surface area contributed by atoms with Crippen LogP contribution in [-0.4, -0.2) is 41.6 Å². The van der Waals surface area contributed by atoms with Gasteiger partial charge in [0, 0.05) is 10.6 Å². The molecule has 2 aromatic rings. The number of Topliss-reactive ketones (excluding diaryl/α,β-unsaturated/α-hetero) is 1. The number of halogens is 1. The van der Waals surface area contributed by atoms with Gasteiger partial charge in [-0.05, 0) is 48.9 Å². The number of imide groups is 1. The van der Waals surface area contributed by atoms with Crippen molar-refractivity contribution in [2.75, 3.05) is 4.90 Å². The highest BCUT2D eigenvalue weighted by molar-refractivity contribution is 6.30. The van der Waals surface area contributed by atoms with E-state index in [2.05, 4.69) is 5.16 Å². The van der Waals surface area contributed by atoms with Crippen LogP contribution in [0.1, 0.15) is 22.8 Å². The highest BCUT2D eigenvalue weighted by Crippen LogP contribution is 2.55. The SMILES string of the molecule is CC(=O)c1ccc(N2C(=O)[C@@H]3[C@H]4O[C@H]([C@H]5ON=C(c6ccc(Cl)cc6)[C@H]54)[C@@H]3C2=O)cc1. The van der Waals surface area contributed by atoms with Gasteiger partial charge in [0.05, 0.1) is 35.3 Å². The average Bonchev–Trinajstić information content (AvgIpc) is 3.49. The average molecular weight is 437 g/mol. The van der Waals surface area contributed by atoms with E-state index >= 15 is 0 Å². The number of benzene rings is 2. The van der Waals surface area contributed by atoms with Crippen molar-refractivity contribution in [3.63, 3.8) is 0 Å². The summed E-state index contributed by atoms with van der Waals surface area (Å²) in [6.07, 6.45) is -1.39. The number of amides is 2. The maximum atomic E-state index is 13.3. The molecular formula is C23H17ClN2O5. The van der Waals surface area contributed by atoms with Crippen LogP contribution in [0.4, 0.5) is 5.69 Å². The van der Waals surface area contributed by atoms with Gasteiger partial charge in [0.2, 0.25) is 11.8 Å². The number of ketones is 1. The summed E-state index contributed by atoms with van der Waals surface area (Å²) < 4.78 is 6.11. The molecule has 2 aromatic carbocycles. The molecule has 4 aliphatic rings. The van der Waals surface area contributed by atoms with E-state index in [1.807, 2.05) is 12.1 Å². The summed E-state index contributed by atoms with van der Waals surface area (Å²) in [7, 11) is 0. The molecule has 4 heterocycles. The number of carbonyl (C=O) groups excluding carboxylic acids is 3. The van der Waals surface area contributed by atoms with Crippen LogP contribution in [0.15, 0.2) is 53.7 Å². The highest BCUT2D eigenvalue weighted by Gasteiger charge is 2.72. The summed E-state index contributed by atoms with van der Waals surface area (Å²) in [5, 5.41) is 4.88. The van der Waals surface area contributed by atoms with Crippen LogP contribution >= 0.6 is 11.6 Å². The Labute approximate surface area is 182 Å². The fourth-order valence-corrected chi connectivity index (χ4v) is 5.44. The maximum absolute atomic E-state index is 13.3. The van der Waals surface area contributed by atoms with E-state index in [1.165, 1.54) is 11.8 Å². The van der Waals surface area contributed by atoms with Crippen LogP contribution in [0, 0.1) is 17.8 Å². The van der Waals surface area contributed by atoms with Gasteiger partial charge in [0.1, 0.15) is 6.10 Å². The minimum absolute atomic E-state index is 0.0760. The summed E-state index contributed by atoms with van der Waals surface area (Å²) in [4.78, 5) is 45.0. The van der Waals surface area contributed by atoms with Gasteiger partial charge in [-0.1, -0.05) is 28.9 Å². The smallest absolute Gasteiger partial charge is 0.240 e. The second-order valence-electron chi connectivity index (χ2n) is 8.31. The molecule has 6 atom stereocenters. The number of hydrogen-bond acceptors (Lipinski definition) is 6. The Bertz CT molecular complexity index is 1160. The molecule has 6 rings (SSSR count). The third-order valence-corrected chi connectivity index (χ3v) is 6.96. The van der Waals surface area contributed by atoms with Crippen LogP contribution in [0.3, 0.4) is 0 Å². The van der Waals surface area contributed by atoms with Crippen LogP contribution in [-0.2, 0) is 19.2 Å². The zero-order chi connectivity index (χ0) is 21.4. The number of ether oxygens (including phenoxy) is 1. The number of hydrogen-bond donors (Lipinski definition) is 0. The third kappa shape index (κ3) is 2.50. The lowest BCUT2D eigenvalue weighted by molar-refractivity contribution is -0.125. The van der Waals surface area contributed by atoms with E-state index in [-0.39, 0.29) is 23.5 Å². The zero-order valence-electron chi connectivity index (χ0n) is 16.4. The van der Waals surface area contributed by atoms with Gasteiger partial charge in [-0.3, -0.25) is 14.4 Å². The Morgan fingerprint density at radius 2 is 1.55 bits per heavy atom. The Hall–Kier alpha value is -3.03. The number of anilines is 1. The Morgan fingerprint density at radius 1 is 0.903 bits per heavy atom. The van der Waals surface area contributed by atoms with Gasteiger partial charge in [-0.2, -0.15) is 0 Å². The van der Waals surface area contributed by atoms with Crippen molar-refractivity contribution in [3.8, 4) is 0 Å². The van der Waals surface area contributed by atoms with Gasteiger partial charge in [-0.25, -0.2) is 4.90 Å². The van der Waals surface area contributed by atoms with Gasteiger partial charge in [0.25, 0.3) is 0 Å². The lowest BCUT2D eigenvalue weighted by Crippen LogP contribution is -2.45. The molecule has 8 heteroatoms. The predicted molar refractivity (Wildman–Crippen MR) is 111 cm³/mol. The van der Waals surface area contributed by atoms with Crippen molar-refractivity contribution in [2.24, 2.45) is 22.9 Å². The molecule has 7 nitrogen and oxygen atoms in total. The van der Waals surface area contributed by atoms with E-state index in [0.29, 0.717) is 16.3 Å². The topological polar surface area (TPSA) is 85.3 Å². The largest absolute Gasteiger partial charge is 0.389 e. The Kier molecular flexibility index (Phi) is 3.91. The molecule has 2 bridgehead atoms. The number of rotatable bonds is 3. The van der Waals surface area contributed by atoms with Crippen molar-refractivity contribution in [1.82, 2.24) is 0 Å². The minimum atomic E-state index is -0.592. The molecular weight excluding hydrogens is 420 g/mol. The second kappa shape index (κ2) is 6.48. The van der Waals surface area contributed by atoms with Gasteiger partial charge in [0.15, 0.2) is 11.9 Å². The molecule has 0 unspecified atom stereocenters. The first-order valence-electron chi connectivity index (χ1n) is 10.1. The van der Waals surface area contributed by atoms with Crippen molar-refractivity contribution in [1.29, 1.82) is 0 Å². The minimum Gasteiger partial charge on any atom is -0.389 e. The number of carbonyl (C=O) groups is 3. The first-order chi connectivity index (χ1) is 15.0. The van der Waals surface area contributed by atoms with Gasteiger partial charge < -0.3 is 9.57 Å². The fraction of sp³-hybridized carbons (Fsp3) is 0.304. The van der Waals surface area contributed by atoms with Crippen molar-refractivity contribution >= 4 is 40.6 Å². The van der Waals surface area contributed by atoms with Crippen molar-refractivity contribution in [3.05, 3.63) is 64.7 Å². The Morgan fingerprint density at radius 3 is 2.19 bits per heavy atom. The van der Waals surface area contributed by atoms with Crippen molar-refractivity contribution in [2.45, 2.75) is 25.2 Å². The van der Waals surface area contributed by atoms with Crippen LogP contribution in [0.5, 0.6) is 0 Å². The maximum Gasteiger partial charge on any atom is 0.240 e. The van der Waals surface area contributed by atoms with E-state index < -0.39 is 30.1 Å². The molecule has 0 spiro atoms. The molecule has 2 amide bonds. The van der Waals surface area contributed by atoms with E-state index in [1.54, 1.807) is 36.4 Å². The van der Waals surface area contributed by atoms with Crippen LogP contribution in [0.25, 0.3) is 0 Å². The highest BCUT2D eigenvalue weighted by atomic mass is 35.5. The summed E-state index contributed by atoms with van der Waals surface area (Å²) in [6, 6.07) is 13.8. The summed E-state index contributed by atoms with van der Waals surface area (Å²) >= 11 is 6.00. The summed E-state index contributed by atoms with van der Waals surface area (Å²) in [5.74, 6) is -2.03. The molecule has 0 saturated carbocycles. The summed E-state index contributed by atoms with van der Waals surface area (Å²) in [5.41, 5.74) is 2.57. The van der Waals surface area contributed by atoms with Crippen molar-refractivity contribution < 1.29 is 24.0 Å². The lowest BCUT2D eigenvalue weighted by atomic mass is 9.71. The van der Waals surface area contributed by atoms with Crippen LogP contribution < -0.4 is 4.90 Å². The summed E-state index contributed by atoms with van der Waals surface area (Å²) in [6.45, 7) is 1.47. The van der Waals surface area contributed by atoms with E-state index in [9.17, 15) is 14.4 Å². The van der Waals surface area contributed by atoms with Crippen LogP contribution in [0.2, 0.25) is 5.02 Å². The first-order valence-corrected chi connectivity index (χ1v) is 10.5. The van der Waals surface area contributed by atoms with Gasteiger partial charge >= 0.3 is 0 Å². The standard InChI is InChI=1S/C23H17ClN2O5/c1-10(27)11-4-8-14(9-5-11)26-22(28)15-16(23(26)29)20-21-17(19(15)30-20)18(25-31-21)12-2-6-13(24)7-3-12/h2-9,15-17,19-21H,1H3/t15-,16+,17-,19+,20-,21-/m0/s1. The molecule has 3 fully saturated rings. The van der Waals surface area contributed by atoms with E-state index in [4.69, 9.17) is 21.2 Å². The number of oxime groups is 1. The molecule has 0 radical (unpaired) electrons. The monoisotopic (exact) mass is 436 g/mol. The number of nitrogens with zero attached hydrogens (tertiary/aromatic N) is 2.